The molecular formula is CH17N5O3. The molecule has 8 heteroatoms. The molecular weight excluding hydrogens is 130 g/mol. The molecule has 0 unspecified atom stereocenters. The number of carbonyl (C=O) groups is 1. The van der Waals surface area contributed by atoms with Gasteiger partial charge in [0, 0.05) is 0 Å². The van der Waals surface area contributed by atoms with Crippen LogP contribution in [0.2, 0.25) is 0 Å². The predicted molar refractivity (Wildman–Crippen MR) is 35.8 cm³/mol. The fourth-order valence-electron chi connectivity index (χ4n) is 0. The summed E-state index contributed by atoms with van der Waals surface area (Å²) < 4.78 is 0. The van der Waals surface area contributed by atoms with E-state index in [0.29, 0.717) is 0 Å². The zero-order valence-corrected chi connectivity index (χ0v) is 5.34. The first kappa shape index (κ1) is 94.1. The Labute approximate surface area is 53.2 Å². The molecule has 0 fully saturated rings. The lowest BCUT2D eigenvalue weighted by molar-refractivity contribution is 0.137. The summed E-state index contributed by atoms with van der Waals surface area (Å²) in [7, 11) is 0. The number of hydrogen-bond acceptors (Lipinski definition) is 6. The minimum Gasteiger partial charge on any atom is -0.450 e. The van der Waals surface area contributed by atoms with Crippen molar-refractivity contribution >= 4 is 6.16 Å². The summed E-state index contributed by atoms with van der Waals surface area (Å²) in [5.74, 6) is 0. The normalized spacial score (nSPS) is 2.67. The lowest BCUT2D eigenvalue weighted by Gasteiger charge is -1.60. The Balaban J connectivity index is -0.00000000450. The van der Waals surface area contributed by atoms with Crippen molar-refractivity contribution in [3.63, 3.8) is 0 Å². The van der Waals surface area contributed by atoms with Gasteiger partial charge in [0.2, 0.25) is 0 Å². The van der Waals surface area contributed by atoms with Gasteiger partial charge >= 0.3 is 6.16 Å². The minimum absolute atomic E-state index is 0. The van der Waals surface area contributed by atoms with Gasteiger partial charge in [-0.1, -0.05) is 0 Å². The van der Waals surface area contributed by atoms with Gasteiger partial charge in [-0.05, 0) is 0 Å². The Bertz CT molecular complexity index is 35.2. The molecule has 0 aromatic rings. The summed E-state index contributed by atoms with van der Waals surface area (Å²) in [4.78, 5) is 8.56. The Morgan fingerprint density at radius 2 is 0.778 bits per heavy atom. The predicted octanol–water partition coefficient (Wildman–Crippen LogP) is 1.03. The van der Waals surface area contributed by atoms with Crippen molar-refractivity contribution in [3.05, 3.63) is 0 Å². The van der Waals surface area contributed by atoms with Crippen molar-refractivity contribution in [1.82, 2.24) is 30.8 Å². The molecule has 0 aliphatic rings. The summed E-state index contributed by atoms with van der Waals surface area (Å²) in [6.07, 6.45) is -1.83. The quantitative estimate of drug-likeness (QED) is 0.260. The van der Waals surface area contributed by atoms with Gasteiger partial charge in [0.05, 0.1) is 0 Å². The molecule has 9 heavy (non-hydrogen) atoms. The van der Waals surface area contributed by atoms with Crippen molar-refractivity contribution < 1.29 is 15.0 Å². The van der Waals surface area contributed by atoms with E-state index in [1.807, 2.05) is 0 Å². The van der Waals surface area contributed by atoms with Crippen LogP contribution in [0.5, 0.6) is 0 Å². The molecule has 0 heterocycles. The van der Waals surface area contributed by atoms with Crippen LogP contribution in [0.3, 0.4) is 0 Å². The first-order chi connectivity index (χ1) is 1.73. The summed E-state index contributed by atoms with van der Waals surface area (Å²) >= 11 is 0. The van der Waals surface area contributed by atoms with Crippen molar-refractivity contribution in [2.24, 2.45) is 0 Å². The molecule has 0 aliphatic heterocycles. The zero-order valence-electron chi connectivity index (χ0n) is 5.34. The van der Waals surface area contributed by atoms with E-state index in [1.54, 1.807) is 0 Å². The minimum atomic E-state index is -1.83. The van der Waals surface area contributed by atoms with Crippen LogP contribution in [0, 0.1) is 0 Å². The summed E-state index contributed by atoms with van der Waals surface area (Å²) in [5.41, 5.74) is 0. The van der Waals surface area contributed by atoms with E-state index in [2.05, 4.69) is 0 Å². The van der Waals surface area contributed by atoms with Crippen molar-refractivity contribution in [3.8, 4) is 0 Å². The third-order valence-electron chi connectivity index (χ3n) is 0. The van der Waals surface area contributed by atoms with E-state index in [9.17, 15) is 0 Å². The van der Waals surface area contributed by atoms with Gasteiger partial charge in [0.25, 0.3) is 0 Å². The molecule has 0 bridgehead atoms. The third-order valence-corrected chi connectivity index (χ3v) is 0. The molecule has 0 amide bonds. The van der Waals surface area contributed by atoms with Gasteiger partial charge in [-0.25, -0.2) is 4.79 Å². The smallest absolute Gasteiger partial charge is 0.450 e. The molecule has 0 aromatic carbocycles. The molecule has 0 spiro atoms. The first-order valence-corrected chi connectivity index (χ1v) is 0.651. The largest absolute Gasteiger partial charge is 0.503 e. The lowest BCUT2D eigenvalue weighted by Crippen LogP contribution is -1.81. The molecule has 17 N–H and O–H groups in total. The topological polar surface area (TPSA) is 233 Å². The third kappa shape index (κ3) is 210. The van der Waals surface area contributed by atoms with Crippen LogP contribution < -0.4 is 30.8 Å². The highest BCUT2D eigenvalue weighted by Gasteiger charge is 1.70. The van der Waals surface area contributed by atoms with Crippen molar-refractivity contribution in [2.45, 2.75) is 0 Å². The fourth-order valence-corrected chi connectivity index (χ4v) is 0. The number of carboxylic acid groups (broad SMARTS) is 2. The first-order valence-electron chi connectivity index (χ1n) is 0.651. The van der Waals surface area contributed by atoms with E-state index in [4.69, 9.17) is 15.0 Å². The Morgan fingerprint density at radius 3 is 0.778 bits per heavy atom. The van der Waals surface area contributed by atoms with Gasteiger partial charge in [-0.15, -0.1) is 0 Å². The van der Waals surface area contributed by atoms with Crippen LogP contribution in [-0.4, -0.2) is 16.4 Å². The second kappa shape index (κ2) is 60.8. The number of hydrogen-bond donors (Lipinski definition) is 7. The van der Waals surface area contributed by atoms with Gasteiger partial charge in [0.15, 0.2) is 0 Å². The lowest BCUT2D eigenvalue weighted by atomic mass is 11.5. The summed E-state index contributed by atoms with van der Waals surface area (Å²) in [6.45, 7) is 0. The maximum absolute atomic E-state index is 8.56. The Kier molecular flexibility index (Phi) is 636. The molecule has 0 aromatic heterocycles. The van der Waals surface area contributed by atoms with Crippen LogP contribution in [0.25, 0.3) is 0 Å². The molecule has 0 radical (unpaired) electrons. The molecule has 0 rings (SSSR count). The highest BCUT2D eigenvalue weighted by Crippen LogP contribution is 1.42. The van der Waals surface area contributed by atoms with Gasteiger partial charge in [-0.3, -0.25) is 0 Å². The molecule has 8 nitrogen and oxygen atoms in total. The van der Waals surface area contributed by atoms with Crippen molar-refractivity contribution in [2.75, 3.05) is 0 Å². The van der Waals surface area contributed by atoms with Crippen LogP contribution in [0.4, 0.5) is 4.79 Å². The average molecular weight is 147 g/mol. The van der Waals surface area contributed by atoms with E-state index in [-0.39, 0.29) is 30.8 Å². The molecule has 64 valence electrons. The zero-order chi connectivity index (χ0) is 3.58. The second-order valence-electron chi connectivity index (χ2n) is 0.283. The fraction of sp³-hybridized carbons (Fsp3) is 0. The Morgan fingerprint density at radius 1 is 0.778 bits per heavy atom. The molecule has 0 aliphatic carbocycles. The van der Waals surface area contributed by atoms with Crippen molar-refractivity contribution in [1.29, 1.82) is 0 Å². The molecule has 0 atom stereocenters. The summed E-state index contributed by atoms with van der Waals surface area (Å²) in [6, 6.07) is 0. The second-order valence-corrected chi connectivity index (χ2v) is 0.283. The highest BCUT2D eigenvalue weighted by molar-refractivity contribution is 5.53. The van der Waals surface area contributed by atoms with Crippen LogP contribution in [0.15, 0.2) is 0 Å². The van der Waals surface area contributed by atoms with Gasteiger partial charge in [0.1, 0.15) is 0 Å². The van der Waals surface area contributed by atoms with E-state index < -0.39 is 6.16 Å². The Hall–Kier alpha value is -0.930. The standard InChI is InChI=1S/CH2O3.5H3N/c2-1(3)4;;;;;/h(H2,2,3,4);5*1H3. The SMILES string of the molecule is N.N.N.N.N.O=C(O)O. The molecule has 0 saturated heterocycles. The van der Waals surface area contributed by atoms with Crippen LogP contribution in [0.1, 0.15) is 0 Å². The maximum Gasteiger partial charge on any atom is 0.503 e. The number of rotatable bonds is 0. The van der Waals surface area contributed by atoms with Crippen LogP contribution >= 0.6 is 0 Å². The van der Waals surface area contributed by atoms with E-state index in [1.165, 1.54) is 0 Å². The van der Waals surface area contributed by atoms with Crippen LogP contribution in [-0.2, 0) is 0 Å². The van der Waals surface area contributed by atoms with Gasteiger partial charge in [-0.2, -0.15) is 0 Å². The monoisotopic (exact) mass is 147 g/mol. The maximum atomic E-state index is 8.56. The average Bonchev–Trinajstić information content (AvgIpc) is 0.811. The van der Waals surface area contributed by atoms with E-state index >= 15 is 0 Å². The van der Waals surface area contributed by atoms with E-state index in [0.717, 1.165) is 0 Å². The summed E-state index contributed by atoms with van der Waals surface area (Å²) in [5, 5.41) is 13.9. The van der Waals surface area contributed by atoms with Gasteiger partial charge < -0.3 is 41.0 Å². The molecule has 0 saturated carbocycles. The highest BCUT2D eigenvalue weighted by atomic mass is 16.6.